The number of benzene rings is 1. The zero-order chi connectivity index (χ0) is 19.4. The molecule has 1 saturated heterocycles. The molecule has 0 aliphatic carbocycles. The first-order valence-electron chi connectivity index (χ1n) is 9.03. The highest BCUT2D eigenvalue weighted by atomic mass is 16.6. The number of rotatable bonds is 4. The van der Waals surface area contributed by atoms with E-state index in [9.17, 15) is 9.59 Å². The second-order valence-electron chi connectivity index (χ2n) is 7.69. The van der Waals surface area contributed by atoms with E-state index < -0.39 is 5.60 Å². The number of carbonyl (C=O) groups excluding carboxylic acids is 2. The molecule has 2 aromatic rings. The largest absolute Gasteiger partial charge is 0.444 e. The number of anilines is 1. The molecule has 8 nitrogen and oxygen atoms in total. The predicted octanol–water partition coefficient (Wildman–Crippen LogP) is 2.52. The molecule has 1 atom stereocenters. The average molecular weight is 371 g/mol. The van der Waals surface area contributed by atoms with Crippen molar-refractivity contribution in [2.45, 2.75) is 39.3 Å². The number of aromatic nitrogens is 3. The lowest BCUT2D eigenvalue weighted by Gasteiger charge is -2.24. The fraction of sp³-hybridized carbons (Fsp3) is 0.474. The van der Waals surface area contributed by atoms with Gasteiger partial charge in [-0.2, -0.15) is 0 Å². The van der Waals surface area contributed by atoms with Crippen molar-refractivity contribution in [2.24, 2.45) is 5.92 Å². The molecule has 0 bridgehead atoms. The lowest BCUT2D eigenvalue weighted by Crippen LogP contribution is -2.36. The van der Waals surface area contributed by atoms with Crippen molar-refractivity contribution < 1.29 is 14.3 Å². The normalized spacial score (nSPS) is 17.0. The molecule has 3 rings (SSSR count). The molecule has 1 aromatic carbocycles. The van der Waals surface area contributed by atoms with Crippen LogP contribution in [-0.4, -0.2) is 50.6 Å². The minimum Gasteiger partial charge on any atom is -0.444 e. The molecule has 0 saturated carbocycles. The molecule has 1 aliphatic rings. The van der Waals surface area contributed by atoms with E-state index in [0.29, 0.717) is 31.9 Å². The van der Waals surface area contributed by atoms with Gasteiger partial charge < -0.3 is 15.0 Å². The number of hydrogen-bond donors (Lipinski definition) is 1. The van der Waals surface area contributed by atoms with Crippen molar-refractivity contribution in [2.75, 3.05) is 18.4 Å². The van der Waals surface area contributed by atoms with E-state index in [1.54, 1.807) is 15.8 Å². The van der Waals surface area contributed by atoms with E-state index in [-0.39, 0.29) is 17.9 Å². The maximum Gasteiger partial charge on any atom is 0.410 e. The molecule has 1 N–H and O–H groups in total. The number of nitrogens with one attached hydrogen (secondary N) is 1. The summed E-state index contributed by atoms with van der Waals surface area (Å²) in [5, 5.41) is 10.8. The Balaban J connectivity index is 1.52. The Hall–Kier alpha value is -2.90. The van der Waals surface area contributed by atoms with Crippen LogP contribution in [0.3, 0.4) is 0 Å². The summed E-state index contributed by atoms with van der Waals surface area (Å²) in [6.45, 7) is 6.91. The second-order valence-corrected chi connectivity index (χ2v) is 7.69. The van der Waals surface area contributed by atoms with Crippen molar-refractivity contribution >= 4 is 17.8 Å². The first-order chi connectivity index (χ1) is 12.8. The van der Waals surface area contributed by atoms with Crippen LogP contribution < -0.4 is 5.32 Å². The van der Waals surface area contributed by atoms with Gasteiger partial charge in [-0.15, -0.1) is 5.10 Å². The smallest absolute Gasteiger partial charge is 0.410 e. The topological polar surface area (TPSA) is 89.4 Å². The van der Waals surface area contributed by atoms with Gasteiger partial charge in [0.2, 0.25) is 5.91 Å². The molecule has 2 amide bonds. The van der Waals surface area contributed by atoms with Gasteiger partial charge >= 0.3 is 6.09 Å². The Kier molecular flexibility index (Phi) is 5.43. The summed E-state index contributed by atoms with van der Waals surface area (Å²) >= 11 is 0. The molecule has 27 heavy (non-hydrogen) atoms. The van der Waals surface area contributed by atoms with E-state index in [1.807, 2.05) is 51.1 Å². The van der Waals surface area contributed by atoms with E-state index in [2.05, 4.69) is 15.6 Å². The summed E-state index contributed by atoms with van der Waals surface area (Å²) < 4.78 is 7.03. The highest BCUT2D eigenvalue weighted by molar-refractivity contribution is 5.92. The molecular weight excluding hydrogens is 346 g/mol. The zero-order valence-electron chi connectivity index (χ0n) is 15.9. The number of carbonyl (C=O) groups is 2. The van der Waals surface area contributed by atoms with Crippen molar-refractivity contribution in [3.8, 4) is 0 Å². The second kappa shape index (κ2) is 7.77. The van der Waals surface area contributed by atoms with Gasteiger partial charge in [0, 0.05) is 13.1 Å². The quantitative estimate of drug-likeness (QED) is 0.892. The van der Waals surface area contributed by atoms with Gasteiger partial charge in [0.05, 0.1) is 18.7 Å². The van der Waals surface area contributed by atoms with Gasteiger partial charge in [0.25, 0.3) is 0 Å². The third-order valence-corrected chi connectivity index (χ3v) is 4.19. The SMILES string of the molecule is CC(C)(C)OC(=O)N1CC[C@@H](C(=O)Nc2cn(Cc3ccccc3)nn2)C1. The Bertz CT molecular complexity index is 797. The van der Waals surface area contributed by atoms with Gasteiger partial charge in [-0.1, -0.05) is 35.5 Å². The fourth-order valence-corrected chi connectivity index (χ4v) is 2.90. The maximum atomic E-state index is 12.5. The summed E-state index contributed by atoms with van der Waals surface area (Å²) in [5.74, 6) is -0.0312. The molecule has 0 unspecified atom stereocenters. The molecule has 0 radical (unpaired) electrons. The highest BCUT2D eigenvalue weighted by Crippen LogP contribution is 2.20. The van der Waals surface area contributed by atoms with E-state index in [1.165, 1.54) is 0 Å². The van der Waals surface area contributed by atoms with Gasteiger partial charge in [-0.05, 0) is 32.8 Å². The Morgan fingerprint density at radius 3 is 2.70 bits per heavy atom. The third-order valence-electron chi connectivity index (χ3n) is 4.19. The Morgan fingerprint density at radius 1 is 1.26 bits per heavy atom. The van der Waals surface area contributed by atoms with E-state index >= 15 is 0 Å². The Labute approximate surface area is 158 Å². The average Bonchev–Trinajstić information content (AvgIpc) is 3.24. The zero-order valence-corrected chi connectivity index (χ0v) is 15.9. The van der Waals surface area contributed by atoms with Crippen LogP contribution in [0.25, 0.3) is 0 Å². The van der Waals surface area contributed by atoms with Crippen LogP contribution in [-0.2, 0) is 16.1 Å². The Morgan fingerprint density at radius 2 is 2.00 bits per heavy atom. The summed E-state index contributed by atoms with van der Waals surface area (Å²) in [7, 11) is 0. The molecule has 0 spiro atoms. The number of hydrogen-bond acceptors (Lipinski definition) is 5. The number of nitrogens with zero attached hydrogens (tertiary/aromatic N) is 4. The van der Waals surface area contributed by atoms with Gasteiger partial charge in [-0.25, -0.2) is 9.48 Å². The lowest BCUT2D eigenvalue weighted by molar-refractivity contribution is -0.119. The molecular formula is C19H25N5O3. The number of ether oxygens (including phenoxy) is 1. The van der Waals surface area contributed by atoms with Crippen LogP contribution in [0.2, 0.25) is 0 Å². The standard InChI is InChI=1S/C19H25N5O3/c1-19(2,3)27-18(26)23-10-9-15(12-23)17(25)20-16-13-24(22-21-16)11-14-7-5-4-6-8-14/h4-8,13,15H,9-12H2,1-3H3,(H,20,25)/t15-/m1/s1. The van der Waals surface area contributed by atoms with Crippen LogP contribution in [0.5, 0.6) is 0 Å². The van der Waals surface area contributed by atoms with Gasteiger partial charge in [0.1, 0.15) is 5.60 Å². The number of amides is 2. The van der Waals surface area contributed by atoms with Crippen LogP contribution in [0, 0.1) is 5.92 Å². The van der Waals surface area contributed by atoms with E-state index in [0.717, 1.165) is 5.56 Å². The highest BCUT2D eigenvalue weighted by Gasteiger charge is 2.33. The van der Waals surface area contributed by atoms with Crippen LogP contribution in [0.1, 0.15) is 32.8 Å². The van der Waals surface area contributed by atoms with Crippen LogP contribution in [0.4, 0.5) is 10.6 Å². The first-order valence-corrected chi connectivity index (χ1v) is 9.03. The summed E-state index contributed by atoms with van der Waals surface area (Å²) in [6.07, 6.45) is 1.92. The molecule has 1 aromatic heterocycles. The monoisotopic (exact) mass is 371 g/mol. The summed E-state index contributed by atoms with van der Waals surface area (Å²) in [4.78, 5) is 26.2. The van der Waals surface area contributed by atoms with Crippen molar-refractivity contribution in [1.29, 1.82) is 0 Å². The van der Waals surface area contributed by atoms with Gasteiger partial charge in [-0.3, -0.25) is 4.79 Å². The van der Waals surface area contributed by atoms with Gasteiger partial charge in [0.15, 0.2) is 5.82 Å². The summed E-state index contributed by atoms with van der Waals surface area (Å²) in [5.41, 5.74) is 0.554. The fourth-order valence-electron chi connectivity index (χ4n) is 2.90. The molecule has 144 valence electrons. The minimum atomic E-state index is -0.547. The van der Waals surface area contributed by atoms with Crippen molar-refractivity contribution in [1.82, 2.24) is 19.9 Å². The number of likely N-dealkylation sites (tertiary alicyclic amines) is 1. The molecule has 8 heteroatoms. The first kappa shape index (κ1) is 18.9. The molecule has 1 aliphatic heterocycles. The van der Waals surface area contributed by atoms with E-state index in [4.69, 9.17) is 4.74 Å². The predicted molar refractivity (Wildman–Crippen MR) is 100 cm³/mol. The van der Waals surface area contributed by atoms with Crippen LogP contribution >= 0.6 is 0 Å². The summed E-state index contributed by atoms with van der Waals surface area (Å²) in [6, 6.07) is 9.89. The minimum absolute atomic E-state index is 0.159. The molecule has 2 heterocycles. The molecule has 1 fully saturated rings. The van der Waals surface area contributed by atoms with Crippen molar-refractivity contribution in [3.63, 3.8) is 0 Å². The maximum absolute atomic E-state index is 12.5. The van der Waals surface area contributed by atoms with Crippen LogP contribution in [0.15, 0.2) is 36.5 Å². The lowest BCUT2D eigenvalue weighted by atomic mass is 10.1. The van der Waals surface area contributed by atoms with Crippen molar-refractivity contribution in [3.05, 3.63) is 42.1 Å². The third kappa shape index (κ3) is 5.29.